The van der Waals surface area contributed by atoms with Gasteiger partial charge >= 0.3 is 0 Å². The highest BCUT2D eigenvalue weighted by Crippen LogP contribution is 2.25. The fourth-order valence-corrected chi connectivity index (χ4v) is 3.62. The van der Waals surface area contributed by atoms with E-state index in [1.807, 2.05) is 23.6 Å². The third kappa shape index (κ3) is 4.42. The quantitative estimate of drug-likeness (QED) is 0.876. The molecule has 1 aliphatic rings. The molecular weight excluding hydrogens is 312 g/mol. The van der Waals surface area contributed by atoms with Crippen LogP contribution in [0.5, 0.6) is 0 Å². The summed E-state index contributed by atoms with van der Waals surface area (Å²) in [6.45, 7) is 2.54. The van der Waals surface area contributed by atoms with E-state index < -0.39 is 0 Å². The van der Waals surface area contributed by atoms with E-state index in [2.05, 4.69) is 17.4 Å². The lowest BCUT2D eigenvalue weighted by Gasteiger charge is -2.29. The van der Waals surface area contributed by atoms with Crippen LogP contribution in [-0.2, 0) is 16.1 Å². The van der Waals surface area contributed by atoms with Crippen LogP contribution in [0.25, 0.3) is 10.6 Å². The maximum atomic E-state index is 12.0. The van der Waals surface area contributed by atoms with Gasteiger partial charge in [0, 0.05) is 12.1 Å². The summed E-state index contributed by atoms with van der Waals surface area (Å²) in [6, 6.07) is 6.09. The molecule has 3 rings (SSSR count). The predicted molar refractivity (Wildman–Crippen MR) is 89.0 cm³/mol. The largest absolute Gasteiger partial charge is 0.365 e. The molecule has 2 atom stereocenters. The number of ether oxygens (including phenoxy) is 1. The Labute approximate surface area is 140 Å². The van der Waals surface area contributed by atoms with Gasteiger partial charge in [-0.1, -0.05) is 31.0 Å². The van der Waals surface area contributed by atoms with Crippen LogP contribution in [0.3, 0.4) is 0 Å². The summed E-state index contributed by atoms with van der Waals surface area (Å²) in [7, 11) is 0. The Balaban J connectivity index is 1.41. The molecule has 2 heterocycles. The van der Waals surface area contributed by atoms with Crippen molar-refractivity contribution < 1.29 is 14.1 Å². The Kier molecular flexibility index (Phi) is 5.46. The molecule has 124 valence electrons. The van der Waals surface area contributed by atoms with E-state index in [1.54, 1.807) is 11.3 Å². The molecule has 1 aliphatic carbocycles. The van der Waals surface area contributed by atoms with Gasteiger partial charge in [0.05, 0.1) is 11.5 Å². The number of amides is 1. The lowest BCUT2D eigenvalue weighted by Crippen LogP contribution is -2.42. The summed E-state index contributed by atoms with van der Waals surface area (Å²) in [4.78, 5) is 13.0. The molecule has 0 radical (unpaired) electrons. The van der Waals surface area contributed by atoms with Crippen molar-refractivity contribution in [2.45, 2.75) is 45.3 Å². The Morgan fingerprint density at radius 3 is 3.13 bits per heavy atom. The minimum atomic E-state index is -0.0503. The number of hydrogen-bond acceptors (Lipinski definition) is 5. The second-order valence-electron chi connectivity index (χ2n) is 6.09. The Bertz CT molecular complexity index is 624. The van der Waals surface area contributed by atoms with E-state index >= 15 is 0 Å². The topological polar surface area (TPSA) is 64.4 Å². The van der Waals surface area contributed by atoms with Crippen molar-refractivity contribution in [3.05, 3.63) is 29.3 Å². The molecule has 0 aliphatic heterocycles. The van der Waals surface area contributed by atoms with Gasteiger partial charge in [-0.2, -0.15) is 0 Å². The van der Waals surface area contributed by atoms with Crippen LogP contribution in [0, 0.1) is 5.92 Å². The van der Waals surface area contributed by atoms with Crippen molar-refractivity contribution in [2.24, 2.45) is 5.92 Å². The van der Waals surface area contributed by atoms with Crippen molar-refractivity contribution >= 4 is 17.2 Å². The van der Waals surface area contributed by atoms with Crippen molar-refractivity contribution in [2.75, 3.05) is 6.61 Å². The fourth-order valence-electron chi connectivity index (χ4n) is 2.94. The molecule has 1 N–H and O–H groups in total. The number of thiophene rings is 1. The first-order chi connectivity index (χ1) is 11.2. The van der Waals surface area contributed by atoms with Crippen molar-refractivity contribution in [3.63, 3.8) is 0 Å². The molecule has 6 heteroatoms. The molecule has 0 spiro atoms. The average Bonchev–Trinajstić information content (AvgIpc) is 3.20. The molecule has 1 saturated carbocycles. The molecule has 0 saturated heterocycles. The Morgan fingerprint density at radius 1 is 1.48 bits per heavy atom. The van der Waals surface area contributed by atoms with Crippen LogP contribution in [0.1, 0.15) is 38.3 Å². The standard InChI is InChI=1S/C17H22N2O3S/c1-12-5-2-3-6-14(12)18-17(20)11-21-10-13-9-15(22-19-13)16-7-4-8-23-16/h4,7-9,12,14H,2-3,5-6,10-11H2,1H3,(H,18,20)/t12-,14+/m1/s1. The van der Waals surface area contributed by atoms with E-state index in [0.717, 1.165) is 17.1 Å². The van der Waals surface area contributed by atoms with Crippen molar-refractivity contribution in [3.8, 4) is 10.6 Å². The van der Waals surface area contributed by atoms with E-state index in [0.29, 0.717) is 11.6 Å². The first-order valence-corrected chi connectivity index (χ1v) is 8.97. The zero-order valence-electron chi connectivity index (χ0n) is 13.3. The summed E-state index contributed by atoms with van der Waals surface area (Å²) in [5.41, 5.74) is 0.701. The maximum absolute atomic E-state index is 12.0. The minimum absolute atomic E-state index is 0.0503. The summed E-state index contributed by atoms with van der Waals surface area (Å²) in [6.07, 6.45) is 4.72. The van der Waals surface area contributed by atoms with Gasteiger partial charge in [0.1, 0.15) is 12.3 Å². The number of carbonyl (C=O) groups is 1. The minimum Gasteiger partial charge on any atom is -0.365 e. The van der Waals surface area contributed by atoms with Crippen molar-refractivity contribution in [1.82, 2.24) is 10.5 Å². The van der Waals surface area contributed by atoms with Crippen molar-refractivity contribution in [1.29, 1.82) is 0 Å². The van der Waals surface area contributed by atoms with Gasteiger partial charge in [-0.15, -0.1) is 11.3 Å². The third-order valence-electron chi connectivity index (χ3n) is 4.26. The number of hydrogen-bond donors (Lipinski definition) is 1. The summed E-state index contributed by atoms with van der Waals surface area (Å²) >= 11 is 1.60. The monoisotopic (exact) mass is 334 g/mol. The van der Waals surface area contributed by atoms with Gasteiger partial charge < -0.3 is 14.6 Å². The van der Waals surface area contributed by atoms with Gasteiger partial charge in [-0.05, 0) is 30.2 Å². The van der Waals surface area contributed by atoms with Gasteiger partial charge in [-0.3, -0.25) is 4.79 Å². The predicted octanol–water partition coefficient (Wildman–Crippen LogP) is 3.61. The molecule has 2 aromatic rings. The first kappa shape index (κ1) is 16.2. The van der Waals surface area contributed by atoms with Crippen LogP contribution >= 0.6 is 11.3 Å². The maximum Gasteiger partial charge on any atom is 0.246 e. The average molecular weight is 334 g/mol. The smallest absolute Gasteiger partial charge is 0.246 e. The first-order valence-electron chi connectivity index (χ1n) is 8.09. The van der Waals surface area contributed by atoms with E-state index in [9.17, 15) is 4.79 Å². The van der Waals surface area contributed by atoms with Gasteiger partial charge in [0.2, 0.25) is 5.91 Å². The third-order valence-corrected chi connectivity index (χ3v) is 5.15. The SMILES string of the molecule is C[C@@H]1CCCC[C@@H]1NC(=O)COCc1cc(-c2cccs2)on1. The number of carbonyl (C=O) groups excluding carboxylic acids is 1. The zero-order valence-corrected chi connectivity index (χ0v) is 14.1. The number of rotatable bonds is 6. The molecule has 0 bridgehead atoms. The highest BCUT2D eigenvalue weighted by molar-refractivity contribution is 7.13. The van der Waals surface area contributed by atoms with Gasteiger partial charge in [0.15, 0.2) is 5.76 Å². The van der Waals surface area contributed by atoms with Crippen LogP contribution in [0.4, 0.5) is 0 Å². The molecular formula is C17H22N2O3S. The molecule has 5 nitrogen and oxygen atoms in total. The zero-order chi connectivity index (χ0) is 16.1. The second kappa shape index (κ2) is 7.75. The molecule has 2 aromatic heterocycles. The molecule has 0 unspecified atom stereocenters. The number of nitrogens with zero attached hydrogens (tertiary/aromatic N) is 1. The van der Waals surface area contributed by atoms with E-state index in [1.165, 1.54) is 19.3 Å². The molecule has 0 aromatic carbocycles. The van der Waals surface area contributed by atoms with E-state index in [4.69, 9.17) is 9.26 Å². The highest BCUT2D eigenvalue weighted by atomic mass is 32.1. The lowest BCUT2D eigenvalue weighted by molar-refractivity contribution is -0.127. The van der Waals surface area contributed by atoms with Gasteiger partial charge in [0.25, 0.3) is 0 Å². The summed E-state index contributed by atoms with van der Waals surface area (Å²) in [5.74, 6) is 1.24. The highest BCUT2D eigenvalue weighted by Gasteiger charge is 2.22. The second-order valence-corrected chi connectivity index (χ2v) is 7.04. The number of nitrogens with one attached hydrogen (secondary N) is 1. The van der Waals surface area contributed by atoms with Gasteiger partial charge in [-0.25, -0.2) is 0 Å². The van der Waals surface area contributed by atoms with E-state index in [-0.39, 0.29) is 25.2 Å². The Hall–Kier alpha value is -1.66. The Morgan fingerprint density at radius 2 is 2.35 bits per heavy atom. The molecule has 1 amide bonds. The summed E-state index contributed by atoms with van der Waals surface area (Å²) in [5, 5.41) is 9.04. The normalized spacial score (nSPS) is 21.3. The van der Waals surface area contributed by atoms with Crippen LogP contribution in [0.2, 0.25) is 0 Å². The number of aromatic nitrogens is 1. The molecule has 1 fully saturated rings. The molecule has 23 heavy (non-hydrogen) atoms. The van der Waals surface area contributed by atoms with Crippen LogP contribution < -0.4 is 5.32 Å². The lowest BCUT2D eigenvalue weighted by atomic mass is 9.86. The van der Waals surface area contributed by atoms with Crippen LogP contribution in [0.15, 0.2) is 28.1 Å². The fraction of sp³-hybridized carbons (Fsp3) is 0.529. The van der Waals surface area contributed by atoms with Crippen LogP contribution in [-0.4, -0.2) is 23.7 Å². The summed E-state index contributed by atoms with van der Waals surface area (Å²) < 4.78 is 10.7.